The number of carbonyl (C=O) groups is 1. The molecule has 1 aliphatic rings. The summed E-state index contributed by atoms with van der Waals surface area (Å²) in [5.74, 6) is -0.0163. The highest BCUT2D eigenvalue weighted by molar-refractivity contribution is 5.88. The highest BCUT2D eigenvalue weighted by Crippen LogP contribution is 2.34. The number of alkyl halides is 3. The van der Waals surface area contributed by atoms with E-state index in [0.717, 1.165) is 36.2 Å². The molecular weight excluding hydrogens is 407 g/mol. The molecule has 0 radical (unpaired) electrons. The largest absolute Gasteiger partial charge is 0.416 e. The first-order valence-electron chi connectivity index (χ1n) is 10.3. The average molecular weight is 431 g/mol. The maximum absolute atomic E-state index is 13.1. The highest BCUT2D eigenvalue weighted by atomic mass is 19.4. The third-order valence-electron chi connectivity index (χ3n) is 5.89. The van der Waals surface area contributed by atoms with E-state index in [1.165, 1.54) is 6.07 Å². The number of aliphatic hydroxyl groups excluding tert-OH is 1. The van der Waals surface area contributed by atoms with Gasteiger partial charge in [0, 0.05) is 12.5 Å². The molecule has 4 rings (SSSR count). The first-order chi connectivity index (χ1) is 14.7. The number of aliphatic hydroxyl groups is 1. The summed E-state index contributed by atoms with van der Waals surface area (Å²) in [4.78, 5) is 17.0. The number of carbonyl (C=O) groups excluding carboxylic acids is 1. The summed E-state index contributed by atoms with van der Waals surface area (Å²) in [6.45, 7) is 2.74. The summed E-state index contributed by atoms with van der Waals surface area (Å²) in [7, 11) is 0. The minimum absolute atomic E-state index is 0.0163. The molecule has 2 heterocycles. The fourth-order valence-electron chi connectivity index (χ4n) is 4.22. The van der Waals surface area contributed by atoms with Crippen LogP contribution in [0.15, 0.2) is 42.7 Å². The zero-order chi connectivity index (χ0) is 22.2. The van der Waals surface area contributed by atoms with Gasteiger partial charge in [-0.05, 0) is 61.2 Å². The third kappa shape index (κ3) is 4.50. The molecule has 8 heteroatoms. The molecule has 3 aromatic rings. The lowest BCUT2D eigenvalue weighted by atomic mass is 9.96. The molecule has 2 N–H and O–H groups in total. The van der Waals surface area contributed by atoms with Crippen molar-refractivity contribution in [1.82, 2.24) is 14.9 Å². The van der Waals surface area contributed by atoms with Crippen molar-refractivity contribution in [3.8, 4) is 11.1 Å². The first kappa shape index (κ1) is 21.5. The quantitative estimate of drug-likeness (QED) is 0.638. The number of hydrogen-bond donors (Lipinski definition) is 2. The van der Waals surface area contributed by atoms with Gasteiger partial charge >= 0.3 is 6.18 Å². The lowest BCUT2D eigenvalue weighted by Gasteiger charge is -2.28. The minimum Gasteiger partial charge on any atom is -0.391 e. The number of benzene rings is 2. The molecule has 2 atom stereocenters. The molecule has 0 aliphatic carbocycles. The van der Waals surface area contributed by atoms with E-state index in [4.69, 9.17) is 0 Å². The summed E-state index contributed by atoms with van der Waals surface area (Å²) in [6, 6.07) is 8.55. The van der Waals surface area contributed by atoms with Crippen molar-refractivity contribution in [2.24, 2.45) is 0 Å². The van der Waals surface area contributed by atoms with Crippen LogP contribution in [0.1, 0.15) is 30.4 Å². The molecule has 1 saturated heterocycles. The van der Waals surface area contributed by atoms with Crippen LogP contribution in [0.2, 0.25) is 0 Å². The molecule has 0 amide bonds. The van der Waals surface area contributed by atoms with Crippen LogP contribution in [-0.2, 0) is 17.5 Å². The number of hydrogen-bond acceptors (Lipinski definition) is 4. The van der Waals surface area contributed by atoms with Gasteiger partial charge in [0.05, 0.1) is 35.6 Å². The van der Waals surface area contributed by atoms with Gasteiger partial charge in [-0.2, -0.15) is 13.2 Å². The van der Waals surface area contributed by atoms with Crippen LogP contribution >= 0.6 is 0 Å². The smallest absolute Gasteiger partial charge is 0.391 e. The van der Waals surface area contributed by atoms with E-state index in [0.29, 0.717) is 23.1 Å². The van der Waals surface area contributed by atoms with Crippen LogP contribution in [0.4, 0.5) is 13.2 Å². The summed E-state index contributed by atoms with van der Waals surface area (Å²) in [5, 5.41) is 13.2. The Morgan fingerprint density at radius 1 is 1.29 bits per heavy atom. The summed E-state index contributed by atoms with van der Waals surface area (Å²) in [5.41, 5.74) is 2.60. The number of Topliss-reactive ketones (excluding diaryl/α,β-unsaturated/α-hetero) is 1. The van der Waals surface area contributed by atoms with Crippen molar-refractivity contribution in [2.45, 2.75) is 51.1 Å². The number of fused-ring (bicyclic) bond motifs is 1. The van der Waals surface area contributed by atoms with Gasteiger partial charge in [0.2, 0.25) is 0 Å². The molecule has 0 spiro atoms. The zero-order valence-electron chi connectivity index (χ0n) is 17.1. The highest BCUT2D eigenvalue weighted by Gasteiger charge is 2.30. The third-order valence-corrected chi connectivity index (χ3v) is 5.89. The predicted molar refractivity (Wildman–Crippen MR) is 112 cm³/mol. The molecule has 31 heavy (non-hydrogen) atoms. The van der Waals surface area contributed by atoms with E-state index in [2.05, 4.69) is 10.3 Å². The lowest BCUT2D eigenvalue weighted by molar-refractivity contribution is -0.137. The first-order valence-corrected chi connectivity index (χ1v) is 10.3. The number of aryl methyl sites for hydroxylation is 1. The van der Waals surface area contributed by atoms with Crippen molar-refractivity contribution >= 4 is 16.8 Å². The minimum atomic E-state index is -4.41. The number of nitrogens with one attached hydrogen (secondary N) is 1. The Hall–Kier alpha value is -2.71. The summed E-state index contributed by atoms with van der Waals surface area (Å²) >= 11 is 0. The fraction of sp³-hybridized carbons (Fsp3) is 0.391. The van der Waals surface area contributed by atoms with Crippen LogP contribution < -0.4 is 5.32 Å². The van der Waals surface area contributed by atoms with Gasteiger partial charge in [0.15, 0.2) is 5.78 Å². The monoisotopic (exact) mass is 431 g/mol. The van der Waals surface area contributed by atoms with Gasteiger partial charge in [0.25, 0.3) is 0 Å². The van der Waals surface area contributed by atoms with E-state index in [9.17, 15) is 23.1 Å². The summed E-state index contributed by atoms with van der Waals surface area (Å²) in [6.07, 6.45) is -1.52. The number of nitrogens with zero attached hydrogens (tertiary/aromatic N) is 2. The van der Waals surface area contributed by atoms with Crippen molar-refractivity contribution in [3.63, 3.8) is 0 Å². The second kappa shape index (κ2) is 8.43. The number of imidazole rings is 1. The lowest BCUT2D eigenvalue weighted by Crippen LogP contribution is -2.46. The van der Waals surface area contributed by atoms with Crippen molar-refractivity contribution < 1.29 is 23.1 Å². The van der Waals surface area contributed by atoms with Gasteiger partial charge in [-0.25, -0.2) is 4.98 Å². The van der Waals surface area contributed by atoms with Crippen LogP contribution in [0, 0.1) is 6.92 Å². The van der Waals surface area contributed by atoms with Gasteiger partial charge in [0.1, 0.15) is 0 Å². The maximum Gasteiger partial charge on any atom is 0.416 e. The Morgan fingerprint density at radius 2 is 2.10 bits per heavy atom. The molecule has 1 aromatic heterocycles. The molecule has 164 valence electrons. The van der Waals surface area contributed by atoms with Gasteiger partial charge in [-0.3, -0.25) is 4.79 Å². The predicted octanol–water partition coefficient (Wildman–Crippen LogP) is 4.10. The molecular formula is C23H24F3N3O2. The number of halogens is 3. The van der Waals surface area contributed by atoms with E-state index >= 15 is 0 Å². The number of ketones is 1. The standard InChI is InChI=1S/C23H24F3N3O2/c1-14-18(15-4-2-5-16(10-15)23(24,25)26)7-8-20-22(14)28-13-29(20)12-17(30)11-19-21(31)6-3-9-27-19/h2,4-5,7-8,10,13,19,21,27,31H,3,6,9,11-12H2,1H3/t19-,21+/m1/s1. The Labute approximate surface area is 177 Å². The van der Waals surface area contributed by atoms with Crippen molar-refractivity contribution in [1.29, 1.82) is 0 Å². The van der Waals surface area contributed by atoms with Crippen molar-refractivity contribution in [2.75, 3.05) is 6.54 Å². The van der Waals surface area contributed by atoms with Crippen LogP contribution in [0.3, 0.4) is 0 Å². The SMILES string of the molecule is Cc1c(-c2cccc(C(F)(F)F)c2)ccc2c1ncn2CC(=O)C[C@H]1NCCC[C@@H]1O. The number of piperidine rings is 1. The van der Waals surface area contributed by atoms with E-state index in [-0.39, 0.29) is 24.8 Å². The fourth-order valence-corrected chi connectivity index (χ4v) is 4.22. The van der Waals surface area contributed by atoms with Gasteiger partial charge in [-0.15, -0.1) is 0 Å². The van der Waals surface area contributed by atoms with Crippen molar-refractivity contribution in [3.05, 3.63) is 53.9 Å². The van der Waals surface area contributed by atoms with Crippen LogP contribution in [0.25, 0.3) is 22.2 Å². The molecule has 2 aromatic carbocycles. The number of rotatable bonds is 5. The summed E-state index contributed by atoms with van der Waals surface area (Å²) < 4.78 is 41.0. The Kier molecular flexibility index (Phi) is 5.85. The Morgan fingerprint density at radius 3 is 2.84 bits per heavy atom. The topological polar surface area (TPSA) is 67.2 Å². The van der Waals surface area contributed by atoms with E-state index in [1.54, 1.807) is 29.1 Å². The number of aromatic nitrogens is 2. The van der Waals surface area contributed by atoms with Gasteiger partial charge < -0.3 is 15.0 Å². The molecule has 1 fully saturated rings. The van der Waals surface area contributed by atoms with Crippen LogP contribution in [-0.4, -0.2) is 39.1 Å². The zero-order valence-corrected chi connectivity index (χ0v) is 17.1. The molecule has 0 unspecified atom stereocenters. The Bertz CT molecular complexity index is 1110. The molecule has 1 aliphatic heterocycles. The van der Waals surface area contributed by atoms with E-state index in [1.807, 2.05) is 6.92 Å². The Balaban J connectivity index is 1.58. The molecule has 5 nitrogen and oxygen atoms in total. The molecule has 0 bridgehead atoms. The van der Waals surface area contributed by atoms with Gasteiger partial charge in [-0.1, -0.05) is 18.2 Å². The van der Waals surface area contributed by atoms with Crippen LogP contribution in [0.5, 0.6) is 0 Å². The van der Waals surface area contributed by atoms with E-state index < -0.39 is 17.8 Å². The second-order valence-electron chi connectivity index (χ2n) is 8.07. The normalized spacial score (nSPS) is 19.6. The molecule has 0 saturated carbocycles. The average Bonchev–Trinajstić information content (AvgIpc) is 3.13. The maximum atomic E-state index is 13.1. The second-order valence-corrected chi connectivity index (χ2v) is 8.07.